The summed E-state index contributed by atoms with van der Waals surface area (Å²) in [5.41, 5.74) is 2.90. The van der Waals surface area contributed by atoms with E-state index in [1.54, 1.807) is 4.90 Å². The first-order chi connectivity index (χ1) is 17.1. The molecule has 5 nitrogen and oxygen atoms in total. The maximum Gasteiger partial charge on any atom is 0.254 e. The van der Waals surface area contributed by atoms with E-state index in [0.717, 1.165) is 19.5 Å². The minimum atomic E-state index is -0.446. The Morgan fingerprint density at radius 2 is 1.31 bits per heavy atom. The summed E-state index contributed by atoms with van der Waals surface area (Å²) in [6, 6.07) is 26.2. The molecular weight excluding hydrogens is 441 g/mol. The fourth-order valence-corrected chi connectivity index (χ4v) is 5.32. The summed E-state index contributed by atoms with van der Waals surface area (Å²) in [5.74, 6) is -0.556. The highest BCUT2D eigenvalue weighted by Crippen LogP contribution is 2.30. The van der Waals surface area contributed by atoms with Gasteiger partial charge in [0.1, 0.15) is 11.9 Å². The molecule has 35 heavy (non-hydrogen) atoms. The van der Waals surface area contributed by atoms with Crippen LogP contribution in [0.25, 0.3) is 0 Å². The summed E-state index contributed by atoms with van der Waals surface area (Å²) in [5, 5.41) is 0. The predicted molar refractivity (Wildman–Crippen MR) is 133 cm³/mol. The summed E-state index contributed by atoms with van der Waals surface area (Å²) in [6.07, 6.45) is 1.47. The summed E-state index contributed by atoms with van der Waals surface area (Å²) in [6.45, 7) is 3.34. The molecule has 0 aromatic heterocycles. The second kappa shape index (κ2) is 10.4. The van der Waals surface area contributed by atoms with Crippen molar-refractivity contribution < 1.29 is 14.0 Å². The fourth-order valence-electron chi connectivity index (χ4n) is 5.32. The van der Waals surface area contributed by atoms with Crippen molar-refractivity contribution >= 4 is 11.8 Å². The number of piperazine rings is 1. The Bertz CT molecular complexity index is 1110. The highest BCUT2D eigenvalue weighted by molar-refractivity contribution is 5.98. The summed E-state index contributed by atoms with van der Waals surface area (Å²) in [4.78, 5) is 32.5. The first-order valence-electron chi connectivity index (χ1n) is 12.3. The summed E-state index contributed by atoms with van der Waals surface area (Å²) in [7, 11) is 0. The van der Waals surface area contributed by atoms with E-state index in [1.807, 2.05) is 17.0 Å². The van der Waals surface area contributed by atoms with Crippen molar-refractivity contribution in [3.05, 3.63) is 107 Å². The van der Waals surface area contributed by atoms with Gasteiger partial charge in [0.2, 0.25) is 5.91 Å². The number of amides is 2. The number of rotatable bonds is 5. The second-order valence-corrected chi connectivity index (χ2v) is 9.25. The third-order valence-corrected chi connectivity index (χ3v) is 7.11. The lowest BCUT2D eigenvalue weighted by molar-refractivity contribution is -0.137. The molecule has 2 heterocycles. The third-order valence-electron chi connectivity index (χ3n) is 7.11. The van der Waals surface area contributed by atoms with Crippen molar-refractivity contribution in [2.45, 2.75) is 24.9 Å². The Balaban J connectivity index is 1.27. The van der Waals surface area contributed by atoms with Crippen LogP contribution in [0.15, 0.2) is 84.9 Å². The number of carbonyl (C=O) groups is 2. The van der Waals surface area contributed by atoms with Gasteiger partial charge in [-0.05, 0) is 48.2 Å². The first-order valence-corrected chi connectivity index (χ1v) is 12.3. The molecule has 0 bridgehead atoms. The highest BCUT2D eigenvalue weighted by atomic mass is 19.1. The molecule has 5 rings (SSSR count). The Morgan fingerprint density at radius 1 is 0.743 bits per heavy atom. The van der Waals surface area contributed by atoms with Crippen LogP contribution in [0.2, 0.25) is 0 Å². The fraction of sp³-hybridized carbons (Fsp3) is 0.310. The lowest BCUT2D eigenvalue weighted by atomic mass is 9.96. The summed E-state index contributed by atoms with van der Waals surface area (Å²) >= 11 is 0. The van der Waals surface area contributed by atoms with Gasteiger partial charge < -0.3 is 9.80 Å². The second-order valence-electron chi connectivity index (χ2n) is 9.25. The van der Waals surface area contributed by atoms with Gasteiger partial charge in [-0.25, -0.2) is 4.39 Å². The number of hydrogen-bond donors (Lipinski definition) is 0. The van der Waals surface area contributed by atoms with Gasteiger partial charge in [0.25, 0.3) is 5.91 Å². The standard InChI is InChI=1S/C29H30FN3O2/c30-25-15-13-24(14-16-25)28(34)33-17-7-12-26(33)29(35)32-20-18-31(19-21-32)27(22-8-3-1-4-9-22)23-10-5-2-6-11-23/h1-6,8-11,13-16,26-27H,7,12,17-21H2. The van der Waals surface area contributed by atoms with Crippen LogP contribution in [0.5, 0.6) is 0 Å². The molecule has 2 fully saturated rings. The third kappa shape index (κ3) is 4.98. The van der Waals surface area contributed by atoms with Gasteiger partial charge in [-0.1, -0.05) is 60.7 Å². The van der Waals surface area contributed by atoms with Crippen molar-refractivity contribution in [2.75, 3.05) is 32.7 Å². The van der Waals surface area contributed by atoms with Crippen LogP contribution < -0.4 is 0 Å². The Morgan fingerprint density at radius 3 is 1.89 bits per heavy atom. The molecule has 0 spiro atoms. The normalized spacial score (nSPS) is 18.7. The zero-order chi connectivity index (χ0) is 24.2. The van der Waals surface area contributed by atoms with Crippen LogP contribution in [-0.2, 0) is 4.79 Å². The van der Waals surface area contributed by atoms with E-state index in [0.29, 0.717) is 31.6 Å². The van der Waals surface area contributed by atoms with E-state index in [-0.39, 0.29) is 23.7 Å². The Labute approximate surface area is 205 Å². The molecule has 1 atom stereocenters. The monoisotopic (exact) mass is 471 g/mol. The number of hydrogen-bond acceptors (Lipinski definition) is 3. The van der Waals surface area contributed by atoms with Crippen molar-refractivity contribution in [3.8, 4) is 0 Å². The molecule has 3 aromatic carbocycles. The number of carbonyl (C=O) groups excluding carboxylic acids is 2. The van der Waals surface area contributed by atoms with E-state index in [2.05, 4.69) is 53.4 Å². The first kappa shape index (κ1) is 23.2. The molecule has 0 saturated carbocycles. The van der Waals surface area contributed by atoms with Crippen LogP contribution in [0.3, 0.4) is 0 Å². The molecule has 2 aliphatic rings. The van der Waals surface area contributed by atoms with E-state index in [9.17, 15) is 14.0 Å². The maximum atomic E-state index is 13.5. The van der Waals surface area contributed by atoms with Gasteiger partial charge in [-0.2, -0.15) is 0 Å². The maximum absolute atomic E-state index is 13.5. The van der Waals surface area contributed by atoms with Crippen molar-refractivity contribution in [2.24, 2.45) is 0 Å². The number of nitrogens with zero attached hydrogens (tertiary/aromatic N) is 3. The van der Waals surface area contributed by atoms with E-state index in [1.165, 1.54) is 35.4 Å². The van der Waals surface area contributed by atoms with Crippen LogP contribution in [0.4, 0.5) is 4.39 Å². The molecule has 2 saturated heterocycles. The number of likely N-dealkylation sites (tertiary alicyclic amines) is 1. The lowest BCUT2D eigenvalue weighted by Crippen LogP contribution is -2.55. The zero-order valence-electron chi connectivity index (χ0n) is 19.7. The largest absolute Gasteiger partial charge is 0.338 e. The molecule has 0 N–H and O–H groups in total. The van der Waals surface area contributed by atoms with Crippen molar-refractivity contribution in [1.82, 2.24) is 14.7 Å². The molecule has 0 aliphatic carbocycles. The van der Waals surface area contributed by atoms with Gasteiger partial charge in [0, 0.05) is 38.3 Å². The van der Waals surface area contributed by atoms with Gasteiger partial charge in [-0.3, -0.25) is 14.5 Å². The minimum absolute atomic E-state index is 0.0218. The SMILES string of the molecule is O=C(C1CCCN1C(=O)c1ccc(F)cc1)N1CCN(C(c2ccccc2)c2ccccc2)CC1. The van der Waals surface area contributed by atoms with Crippen LogP contribution >= 0.6 is 0 Å². The van der Waals surface area contributed by atoms with Gasteiger partial charge in [0.15, 0.2) is 0 Å². The van der Waals surface area contributed by atoms with Gasteiger partial charge >= 0.3 is 0 Å². The molecule has 0 radical (unpaired) electrons. The Kier molecular flexibility index (Phi) is 6.91. The average Bonchev–Trinajstić information content (AvgIpc) is 3.40. The molecule has 6 heteroatoms. The predicted octanol–water partition coefficient (Wildman–Crippen LogP) is 4.36. The van der Waals surface area contributed by atoms with E-state index >= 15 is 0 Å². The van der Waals surface area contributed by atoms with E-state index in [4.69, 9.17) is 0 Å². The van der Waals surface area contributed by atoms with Gasteiger partial charge in [0.05, 0.1) is 6.04 Å². The molecule has 1 unspecified atom stereocenters. The van der Waals surface area contributed by atoms with E-state index < -0.39 is 6.04 Å². The topological polar surface area (TPSA) is 43.9 Å². The molecule has 2 amide bonds. The van der Waals surface area contributed by atoms with Crippen molar-refractivity contribution in [1.29, 1.82) is 0 Å². The molecule has 2 aliphatic heterocycles. The lowest BCUT2D eigenvalue weighted by Gasteiger charge is -2.41. The number of halogens is 1. The van der Waals surface area contributed by atoms with Crippen LogP contribution in [0, 0.1) is 5.82 Å². The van der Waals surface area contributed by atoms with Crippen LogP contribution in [0.1, 0.15) is 40.4 Å². The molecular formula is C29H30FN3O2. The average molecular weight is 472 g/mol. The number of benzene rings is 3. The smallest absolute Gasteiger partial charge is 0.254 e. The quantitative estimate of drug-likeness (QED) is 0.555. The van der Waals surface area contributed by atoms with Crippen LogP contribution in [-0.4, -0.2) is 65.3 Å². The zero-order valence-corrected chi connectivity index (χ0v) is 19.7. The van der Waals surface area contributed by atoms with Crippen molar-refractivity contribution in [3.63, 3.8) is 0 Å². The molecule has 3 aromatic rings. The Hall–Kier alpha value is -3.51. The van der Waals surface area contributed by atoms with Gasteiger partial charge in [-0.15, -0.1) is 0 Å². The molecule has 180 valence electrons. The summed E-state index contributed by atoms with van der Waals surface area (Å²) < 4.78 is 13.3. The minimum Gasteiger partial charge on any atom is -0.338 e. The highest BCUT2D eigenvalue weighted by Gasteiger charge is 2.38.